The minimum Gasteiger partial charge on any atom is -0.395 e. The number of aliphatic hydroxyl groups is 1. The summed E-state index contributed by atoms with van der Waals surface area (Å²) in [6.07, 6.45) is 4.90. The van der Waals surface area contributed by atoms with Gasteiger partial charge in [0.2, 0.25) is 10.0 Å². The van der Waals surface area contributed by atoms with Crippen molar-refractivity contribution in [1.82, 2.24) is 4.31 Å². The molecular weight excluding hydrogens is 254 g/mol. The summed E-state index contributed by atoms with van der Waals surface area (Å²) in [6.45, 7) is 1.55. The quantitative estimate of drug-likeness (QED) is 0.826. The SMILES string of the molecule is O=S(=O)(C1CCOCC1)N1CCCCCC1CO. The number of nitrogens with zero attached hydrogens (tertiary/aromatic N) is 1. The van der Waals surface area contributed by atoms with Crippen molar-refractivity contribution in [3.05, 3.63) is 0 Å². The van der Waals surface area contributed by atoms with Crippen molar-refractivity contribution < 1.29 is 18.3 Å². The molecule has 2 saturated heterocycles. The number of aliphatic hydroxyl groups excluding tert-OH is 1. The van der Waals surface area contributed by atoms with Crippen LogP contribution < -0.4 is 0 Å². The third-order valence-corrected chi connectivity index (χ3v) is 6.40. The van der Waals surface area contributed by atoms with E-state index in [1.807, 2.05) is 0 Å². The summed E-state index contributed by atoms with van der Waals surface area (Å²) in [5.74, 6) is 0. The summed E-state index contributed by atoms with van der Waals surface area (Å²) in [5, 5.41) is 9.10. The van der Waals surface area contributed by atoms with Crippen LogP contribution in [-0.4, -0.2) is 55.5 Å². The molecule has 6 heteroatoms. The van der Waals surface area contributed by atoms with Crippen LogP contribution in [0.15, 0.2) is 0 Å². The molecule has 18 heavy (non-hydrogen) atoms. The van der Waals surface area contributed by atoms with Crippen molar-refractivity contribution in [2.75, 3.05) is 26.4 Å². The van der Waals surface area contributed by atoms with Crippen LogP contribution >= 0.6 is 0 Å². The van der Waals surface area contributed by atoms with Crippen molar-refractivity contribution in [3.8, 4) is 0 Å². The molecule has 0 aromatic rings. The molecule has 0 aromatic carbocycles. The van der Waals surface area contributed by atoms with E-state index in [0.29, 0.717) is 32.6 Å². The predicted molar refractivity (Wildman–Crippen MR) is 68.8 cm³/mol. The Morgan fingerprint density at radius 2 is 1.83 bits per heavy atom. The third kappa shape index (κ3) is 3.04. The van der Waals surface area contributed by atoms with Gasteiger partial charge in [-0.2, -0.15) is 4.31 Å². The maximum absolute atomic E-state index is 12.6. The van der Waals surface area contributed by atoms with Gasteiger partial charge in [0.1, 0.15) is 0 Å². The molecule has 2 aliphatic rings. The summed E-state index contributed by atoms with van der Waals surface area (Å²) >= 11 is 0. The van der Waals surface area contributed by atoms with E-state index in [9.17, 15) is 13.5 Å². The number of hydrogen-bond acceptors (Lipinski definition) is 4. The van der Waals surface area contributed by atoms with Crippen molar-refractivity contribution in [1.29, 1.82) is 0 Å². The molecule has 5 nitrogen and oxygen atoms in total. The zero-order chi connectivity index (χ0) is 13.0. The maximum Gasteiger partial charge on any atom is 0.217 e. The van der Waals surface area contributed by atoms with Gasteiger partial charge in [0.25, 0.3) is 0 Å². The van der Waals surface area contributed by atoms with E-state index in [0.717, 1.165) is 25.7 Å². The van der Waals surface area contributed by atoms with Crippen LogP contribution in [0, 0.1) is 0 Å². The molecule has 0 spiro atoms. The number of sulfonamides is 1. The first-order chi connectivity index (χ1) is 8.66. The highest BCUT2D eigenvalue weighted by molar-refractivity contribution is 7.89. The Hall–Kier alpha value is -0.170. The fraction of sp³-hybridized carbons (Fsp3) is 1.00. The Labute approximate surface area is 109 Å². The van der Waals surface area contributed by atoms with Crippen molar-refractivity contribution >= 4 is 10.0 Å². The van der Waals surface area contributed by atoms with Gasteiger partial charge in [-0.25, -0.2) is 8.42 Å². The van der Waals surface area contributed by atoms with Gasteiger partial charge in [0.05, 0.1) is 11.9 Å². The van der Waals surface area contributed by atoms with Crippen LogP contribution in [0.2, 0.25) is 0 Å². The zero-order valence-corrected chi connectivity index (χ0v) is 11.6. The van der Waals surface area contributed by atoms with Gasteiger partial charge in [-0.15, -0.1) is 0 Å². The van der Waals surface area contributed by atoms with Crippen molar-refractivity contribution in [2.45, 2.75) is 49.8 Å². The van der Waals surface area contributed by atoms with E-state index in [1.54, 1.807) is 4.31 Å². The number of ether oxygens (including phenoxy) is 1. The highest BCUT2D eigenvalue weighted by Gasteiger charge is 2.37. The van der Waals surface area contributed by atoms with Crippen LogP contribution in [-0.2, 0) is 14.8 Å². The topological polar surface area (TPSA) is 66.8 Å². The maximum atomic E-state index is 12.6. The minimum atomic E-state index is -3.28. The van der Waals surface area contributed by atoms with Crippen LogP contribution in [0.1, 0.15) is 38.5 Å². The molecule has 2 heterocycles. The summed E-state index contributed by atoms with van der Waals surface area (Å²) in [7, 11) is -3.28. The van der Waals surface area contributed by atoms with E-state index in [2.05, 4.69) is 0 Å². The first-order valence-corrected chi connectivity index (χ1v) is 8.36. The average molecular weight is 277 g/mol. The van der Waals surface area contributed by atoms with E-state index in [1.165, 1.54) is 0 Å². The van der Waals surface area contributed by atoms with E-state index in [-0.39, 0.29) is 17.9 Å². The van der Waals surface area contributed by atoms with Gasteiger partial charge in [-0.3, -0.25) is 0 Å². The van der Waals surface area contributed by atoms with Crippen LogP contribution in [0.25, 0.3) is 0 Å². The van der Waals surface area contributed by atoms with Gasteiger partial charge < -0.3 is 9.84 Å². The highest BCUT2D eigenvalue weighted by atomic mass is 32.2. The highest BCUT2D eigenvalue weighted by Crippen LogP contribution is 2.26. The molecule has 0 bridgehead atoms. The second-order valence-corrected chi connectivity index (χ2v) is 7.32. The van der Waals surface area contributed by atoms with E-state index < -0.39 is 10.0 Å². The lowest BCUT2D eigenvalue weighted by molar-refractivity contribution is 0.0960. The lowest BCUT2D eigenvalue weighted by Gasteiger charge is -2.33. The average Bonchev–Trinajstić information content (AvgIpc) is 2.65. The standard InChI is InChI=1S/C12H23NO4S/c14-10-11-4-2-1-3-7-13(11)18(15,16)12-5-8-17-9-6-12/h11-12,14H,1-10H2. The Kier molecular flexibility index (Phi) is 5.00. The molecule has 2 fully saturated rings. The fourth-order valence-electron chi connectivity index (χ4n) is 2.83. The molecule has 106 valence electrons. The number of rotatable bonds is 3. The Morgan fingerprint density at radius 1 is 1.11 bits per heavy atom. The first kappa shape index (κ1) is 14.2. The van der Waals surface area contributed by atoms with E-state index in [4.69, 9.17) is 4.74 Å². The van der Waals surface area contributed by atoms with Crippen LogP contribution in [0.4, 0.5) is 0 Å². The van der Waals surface area contributed by atoms with Crippen molar-refractivity contribution in [2.24, 2.45) is 0 Å². The van der Waals surface area contributed by atoms with Crippen molar-refractivity contribution in [3.63, 3.8) is 0 Å². The molecule has 0 radical (unpaired) electrons. The Morgan fingerprint density at radius 3 is 2.50 bits per heavy atom. The summed E-state index contributed by atoms with van der Waals surface area (Å²) in [4.78, 5) is 0. The Bertz CT molecular complexity index is 351. The van der Waals surface area contributed by atoms with Gasteiger partial charge >= 0.3 is 0 Å². The smallest absolute Gasteiger partial charge is 0.217 e. The second kappa shape index (κ2) is 6.32. The lowest BCUT2D eigenvalue weighted by Crippen LogP contribution is -2.47. The molecule has 0 saturated carbocycles. The summed E-state index contributed by atoms with van der Waals surface area (Å²) < 4.78 is 32.0. The fourth-order valence-corrected chi connectivity index (χ4v) is 4.98. The molecule has 1 atom stereocenters. The first-order valence-electron chi connectivity index (χ1n) is 6.85. The monoisotopic (exact) mass is 277 g/mol. The molecule has 1 unspecified atom stereocenters. The number of hydrogen-bond donors (Lipinski definition) is 1. The normalized spacial score (nSPS) is 29.1. The third-order valence-electron chi connectivity index (χ3n) is 3.95. The predicted octanol–water partition coefficient (Wildman–Crippen LogP) is 0.732. The largest absolute Gasteiger partial charge is 0.395 e. The van der Waals surface area contributed by atoms with Gasteiger partial charge in [-0.1, -0.05) is 12.8 Å². The van der Waals surface area contributed by atoms with E-state index >= 15 is 0 Å². The molecule has 2 aliphatic heterocycles. The molecule has 0 aliphatic carbocycles. The van der Waals surface area contributed by atoms with Gasteiger partial charge in [0.15, 0.2) is 0 Å². The minimum absolute atomic E-state index is 0.0670. The zero-order valence-electron chi connectivity index (χ0n) is 10.8. The Balaban J connectivity index is 2.14. The molecule has 2 rings (SSSR count). The lowest BCUT2D eigenvalue weighted by atomic mass is 10.1. The summed E-state index contributed by atoms with van der Waals surface area (Å²) in [6, 6.07) is -0.222. The van der Waals surface area contributed by atoms with Gasteiger partial charge in [0, 0.05) is 25.8 Å². The molecular formula is C12H23NO4S. The summed E-state index contributed by atoms with van der Waals surface area (Å²) in [5.41, 5.74) is 0. The molecule has 0 aromatic heterocycles. The van der Waals surface area contributed by atoms with Crippen LogP contribution in [0.5, 0.6) is 0 Å². The van der Waals surface area contributed by atoms with Gasteiger partial charge in [-0.05, 0) is 25.7 Å². The van der Waals surface area contributed by atoms with Crippen LogP contribution in [0.3, 0.4) is 0 Å². The molecule has 1 N–H and O–H groups in total. The second-order valence-electron chi connectivity index (χ2n) is 5.15. The molecule has 0 amide bonds.